The Labute approximate surface area is 137 Å². The van der Waals surface area contributed by atoms with Gasteiger partial charge in [-0.25, -0.2) is 14.2 Å². The minimum Gasteiger partial charge on any atom is -0.356 e. The molecule has 0 bridgehead atoms. The quantitative estimate of drug-likeness (QED) is 0.879. The van der Waals surface area contributed by atoms with Crippen LogP contribution in [0.25, 0.3) is 11.0 Å². The smallest absolute Gasteiger partial charge is 0.142 e. The summed E-state index contributed by atoms with van der Waals surface area (Å²) in [4.78, 5) is 14.1. The average molecular weight is 335 g/mol. The Morgan fingerprint density at radius 1 is 1.35 bits per heavy atom. The predicted octanol–water partition coefficient (Wildman–Crippen LogP) is 3.02. The maximum Gasteiger partial charge on any atom is 0.142 e. The number of aromatic amines is 1. The number of rotatable bonds is 5. The molecule has 1 atom stereocenters. The Balaban J connectivity index is 1.67. The molecule has 0 aromatic carbocycles. The highest BCUT2D eigenvalue weighted by Crippen LogP contribution is 2.32. The second kappa shape index (κ2) is 6.47. The van der Waals surface area contributed by atoms with Crippen LogP contribution < -0.4 is 4.90 Å². The van der Waals surface area contributed by atoms with Gasteiger partial charge in [0.05, 0.1) is 5.39 Å². The fourth-order valence-electron chi connectivity index (χ4n) is 3.51. The fraction of sp³-hybridized carbons (Fsp3) is 0.625. The summed E-state index contributed by atoms with van der Waals surface area (Å²) in [6.45, 7) is 1.85. The first-order valence-electron chi connectivity index (χ1n) is 8.25. The van der Waals surface area contributed by atoms with Crippen LogP contribution in [0.1, 0.15) is 32.6 Å². The van der Waals surface area contributed by atoms with Crippen molar-refractivity contribution < 1.29 is 4.21 Å². The molecular weight excluding hydrogens is 310 g/mol. The third kappa shape index (κ3) is 3.49. The summed E-state index contributed by atoms with van der Waals surface area (Å²) in [6, 6.07) is 2.46. The molecule has 0 aliphatic heterocycles. The van der Waals surface area contributed by atoms with Crippen LogP contribution in [0, 0.1) is 10.7 Å². The maximum absolute atomic E-state index is 12.0. The molecule has 23 heavy (non-hydrogen) atoms. The summed E-state index contributed by atoms with van der Waals surface area (Å²) in [7, 11) is -0.272. The molecule has 126 valence electrons. The predicted molar refractivity (Wildman–Crippen MR) is 94.3 cm³/mol. The minimum atomic E-state index is -2.37. The third-order valence-corrected chi connectivity index (χ3v) is 6.94. The van der Waals surface area contributed by atoms with Crippen molar-refractivity contribution in [3.63, 3.8) is 0 Å². The first-order chi connectivity index (χ1) is 11.0. The van der Waals surface area contributed by atoms with Gasteiger partial charge >= 0.3 is 0 Å². The number of aromatic nitrogens is 3. The summed E-state index contributed by atoms with van der Waals surface area (Å²) in [5.41, 5.74) is 0.868. The SMILES string of the molecule is CC[S@](=N)(=O)CC1CCC(N(C)c2ncnc3[nH]ccc23)CC1. The van der Waals surface area contributed by atoms with E-state index in [0.717, 1.165) is 42.5 Å². The van der Waals surface area contributed by atoms with E-state index in [0.29, 0.717) is 23.5 Å². The lowest BCUT2D eigenvalue weighted by Gasteiger charge is -2.35. The van der Waals surface area contributed by atoms with Gasteiger partial charge in [-0.2, -0.15) is 0 Å². The van der Waals surface area contributed by atoms with Gasteiger partial charge in [0.15, 0.2) is 0 Å². The van der Waals surface area contributed by atoms with Gasteiger partial charge in [-0.3, -0.25) is 4.78 Å². The number of hydrogen-bond acceptors (Lipinski definition) is 5. The van der Waals surface area contributed by atoms with Gasteiger partial charge < -0.3 is 9.88 Å². The van der Waals surface area contributed by atoms with Gasteiger partial charge in [0.2, 0.25) is 0 Å². The number of nitrogens with one attached hydrogen (secondary N) is 2. The van der Waals surface area contributed by atoms with Crippen LogP contribution in [0.3, 0.4) is 0 Å². The molecule has 2 aromatic rings. The van der Waals surface area contributed by atoms with Crippen molar-refractivity contribution in [3.8, 4) is 0 Å². The highest BCUT2D eigenvalue weighted by atomic mass is 32.2. The van der Waals surface area contributed by atoms with E-state index in [9.17, 15) is 4.21 Å². The molecule has 2 heterocycles. The van der Waals surface area contributed by atoms with E-state index in [1.807, 2.05) is 19.2 Å². The van der Waals surface area contributed by atoms with E-state index < -0.39 is 9.73 Å². The third-order valence-electron chi connectivity index (χ3n) is 5.00. The van der Waals surface area contributed by atoms with Crippen LogP contribution in [0.2, 0.25) is 0 Å². The fourth-order valence-corrected chi connectivity index (χ4v) is 4.84. The molecule has 1 fully saturated rings. The van der Waals surface area contributed by atoms with Gasteiger partial charge in [-0.05, 0) is 37.7 Å². The van der Waals surface area contributed by atoms with Gasteiger partial charge in [0.1, 0.15) is 17.8 Å². The lowest BCUT2D eigenvalue weighted by atomic mass is 9.86. The molecule has 0 saturated heterocycles. The summed E-state index contributed by atoms with van der Waals surface area (Å²) < 4.78 is 19.9. The molecule has 0 radical (unpaired) electrons. The van der Waals surface area contributed by atoms with E-state index in [-0.39, 0.29) is 0 Å². The second-order valence-electron chi connectivity index (χ2n) is 6.49. The van der Waals surface area contributed by atoms with E-state index in [4.69, 9.17) is 4.78 Å². The van der Waals surface area contributed by atoms with Crippen molar-refractivity contribution in [1.82, 2.24) is 15.0 Å². The maximum atomic E-state index is 12.0. The minimum absolute atomic E-state index is 0.433. The molecule has 6 nitrogen and oxygen atoms in total. The van der Waals surface area contributed by atoms with Crippen molar-refractivity contribution in [2.24, 2.45) is 5.92 Å². The van der Waals surface area contributed by atoms with Gasteiger partial charge in [0.25, 0.3) is 0 Å². The van der Waals surface area contributed by atoms with Crippen LogP contribution in [-0.4, -0.2) is 43.8 Å². The van der Waals surface area contributed by atoms with Gasteiger partial charge in [-0.1, -0.05) is 6.92 Å². The standard InChI is InChI=1S/C16H25N5OS/c1-3-23(17,22)10-12-4-6-13(7-5-12)21(2)16-14-8-9-18-15(14)19-11-20-16/h8-9,11-13,17H,3-7,10H2,1-2H3,(H,18,19,20)/t12?,13?,23-/m0/s1. The van der Waals surface area contributed by atoms with Crippen molar-refractivity contribution in [3.05, 3.63) is 18.6 Å². The zero-order chi connectivity index (χ0) is 16.4. The zero-order valence-electron chi connectivity index (χ0n) is 13.8. The van der Waals surface area contributed by atoms with Crippen LogP contribution in [0.15, 0.2) is 18.6 Å². The monoisotopic (exact) mass is 335 g/mol. The van der Waals surface area contributed by atoms with Crippen molar-refractivity contribution in [2.75, 3.05) is 23.5 Å². The van der Waals surface area contributed by atoms with Gasteiger partial charge in [0, 0.05) is 40.5 Å². The normalized spacial score (nSPS) is 24.4. The van der Waals surface area contributed by atoms with Crippen molar-refractivity contribution in [2.45, 2.75) is 38.6 Å². The molecule has 0 amide bonds. The molecule has 2 N–H and O–H groups in total. The van der Waals surface area contributed by atoms with Crippen LogP contribution in [0.5, 0.6) is 0 Å². The number of H-pyrrole nitrogens is 1. The molecule has 3 rings (SSSR count). The Bertz CT molecular complexity index is 762. The number of anilines is 1. The lowest BCUT2D eigenvalue weighted by molar-refractivity contribution is 0.342. The summed E-state index contributed by atoms with van der Waals surface area (Å²) in [6.07, 6.45) is 7.72. The lowest BCUT2D eigenvalue weighted by Crippen LogP contribution is -2.37. The Hall–Kier alpha value is -1.63. The van der Waals surface area contributed by atoms with Crippen LogP contribution in [-0.2, 0) is 9.73 Å². The van der Waals surface area contributed by atoms with Crippen molar-refractivity contribution in [1.29, 1.82) is 4.78 Å². The largest absolute Gasteiger partial charge is 0.356 e. The van der Waals surface area contributed by atoms with E-state index in [1.54, 1.807) is 6.33 Å². The summed E-state index contributed by atoms with van der Waals surface area (Å²) in [5, 5.41) is 1.05. The Morgan fingerprint density at radius 3 is 2.78 bits per heavy atom. The molecule has 0 spiro atoms. The summed E-state index contributed by atoms with van der Waals surface area (Å²) in [5.74, 6) is 2.44. The van der Waals surface area contributed by atoms with E-state index in [2.05, 4.69) is 26.9 Å². The average Bonchev–Trinajstić information content (AvgIpc) is 3.03. The molecule has 2 aromatic heterocycles. The molecule has 1 aliphatic carbocycles. The highest BCUT2D eigenvalue weighted by molar-refractivity contribution is 7.92. The molecule has 0 unspecified atom stereocenters. The van der Waals surface area contributed by atoms with Crippen LogP contribution >= 0.6 is 0 Å². The van der Waals surface area contributed by atoms with Gasteiger partial charge in [-0.15, -0.1) is 0 Å². The second-order valence-corrected chi connectivity index (χ2v) is 9.02. The molecule has 1 aliphatic rings. The molecular formula is C16H25N5OS. The number of fused-ring (bicyclic) bond motifs is 1. The number of nitrogens with zero attached hydrogens (tertiary/aromatic N) is 3. The Morgan fingerprint density at radius 2 is 2.09 bits per heavy atom. The van der Waals surface area contributed by atoms with Crippen molar-refractivity contribution >= 4 is 26.6 Å². The zero-order valence-corrected chi connectivity index (χ0v) is 14.6. The van der Waals surface area contributed by atoms with E-state index >= 15 is 0 Å². The first kappa shape index (κ1) is 16.2. The Kier molecular flexibility index (Phi) is 4.57. The van der Waals surface area contributed by atoms with Crippen LogP contribution in [0.4, 0.5) is 5.82 Å². The topological polar surface area (TPSA) is 85.7 Å². The van der Waals surface area contributed by atoms with E-state index in [1.165, 1.54) is 0 Å². The highest BCUT2D eigenvalue weighted by Gasteiger charge is 2.27. The first-order valence-corrected chi connectivity index (χ1v) is 10.1. The number of hydrogen-bond donors (Lipinski definition) is 2. The molecule has 7 heteroatoms. The molecule has 1 saturated carbocycles. The summed E-state index contributed by atoms with van der Waals surface area (Å²) >= 11 is 0.